The summed E-state index contributed by atoms with van der Waals surface area (Å²) in [6.45, 7) is 6.11. The summed E-state index contributed by atoms with van der Waals surface area (Å²) in [6, 6.07) is 5.51. The third kappa shape index (κ3) is 3.04. The van der Waals surface area contributed by atoms with Crippen molar-refractivity contribution >= 4 is 5.78 Å². The molecule has 2 bridgehead atoms. The highest BCUT2D eigenvalue weighted by Gasteiger charge is 2.65. The summed E-state index contributed by atoms with van der Waals surface area (Å²) >= 11 is 0. The number of aliphatic hydroxyl groups excluding tert-OH is 1. The number of nitrogens with zero attached hydrogens (tertiary/aromatic N) is 4. The molecule has 0 saturated heterocycles. The van der Waals surface area contributed by atoms with Gasteiger partial charge in [0.25, 0.3) is 0 Å². The number of aliphatic hydroxyl groups is 1. The number of Topliss-reactive ketones (excluding diaryl/α,β-unsaturated/α-hetero) is 1. The topological polar surface area (TPSA) is 88.9 Å². The summed E-state index contributed by atoms with van der Waals surface area (Å²) < 4.78 is 28.9. The van der Waals surface area contributed by atoms with E-state index < -0.39 is 17.0 Å². The van der Waals surface area contributed by atoms with Gasteiger partial charge in [0, 0.05) is 13.0 Å². The third-order valence-corrected chi connectivity index (χ3v) is 7.81. The fourth-order valence-electron chi connectivity index (χ4n) is 6.07. The highest BCUT2D eigenvalue weighted by Crippen LogP contribution is 2.69. The molecule has 3 aromatic rings. The molecule has 2 atom stereocenters. The minimum atomic E-state index is -0.679. The molecule has 5 rings (SSSR count). The average Bonchev–Trinajstić information content (AvgIpc) is 3.18. The average molecular weight is 465 g/mol. The first-order valence-electron chi connectivity index (χ1n) is 11.5. The summed E-state index contributed by atoms with van der Waals surface area (Å²) in [5.41, 5.74) is 2.41. The van der Waals surface area contributed by atoms with Crippen molar-refractivity contribution in [3.63, 3.8) is 0 Å². The zero-order chi connectivity index (χ0) is 24.3. The van der Waals surface area contributed by atoms with Crippen molar-refractivity contribution in [3.8, 4) is 11.3 Å². The van der Waals surface area contributed by atoms with Gasteiger partial charge in [0.15, 0.2) is 5.78 Å². The third-order valence-electron chi connectivity index (χ3n) is 7.81. The van der Waals surface area contributed by atoms with Crippen LogP contribution in [0.25, 0.3) is 11.3 Å². The number of rotatable bonds is 6. The second kappa shape index (κ2) is 7.98. The summed E-state index contributed by atoms with van der Waals surface area (Å²) in [4.78, 5) is 21.9. The largest absolute Gasteiger partial charge is 0.396 e. The fraction of sp³-hybridized carbons (Fsp3) is 0.423. The Kier molecular flexibility index (Phi) is 5.31. The van der Waals surface area contributed by atoms with Gasteiger partial charge in [-0.1, -0.05) is 19.9 Å². The van der Waals surface area contributed by atoms with Crippen molar-refractivity contribution in [2.24, 2.45) is 5.41 Å². The van der Waals surface area contributed by atoms with Gasteiger partial charge in [-0.3, -0.25) is 9.78 Å². The van der Waals surface area contributed by atoms with Gasteiger partial charge in [0.1, 0.15) is 17.3 Å². The number of carbonyl (C=O) groups is 1. The standard InChI is InChI=1S/C26H26F2N4O2/c1-14-23(30-20(13-29-14)21(34)8-5-11-33)26-10-9-16(25(26,2)3)15-12-19(31-32-24(15)26)22-17(27)6-4-7-18(22)28/h4,6-7,12-13,16,33H,5,8-11H2,1-3H3/t16-,26-/m0/s1. The lowest BCUT2D eigenvalue weighted by Crippen LogP contribution is -2.39. The van der Waals surface area contributed by atoms with E-state index >= 15 is 0 Å². The first kappa shape index (κ1) is 22.7. The number of hydrogen-bond acceptors (Lipinski definition) is 6. The van der Waals surface area contributed by atoms with Crippen molar-refractivity contribution in [2.45, 2.75) is 57.8 Å². The molecular weight excluding hydrogens is 438 g/mol. The van der Waals surface area contributed by atoms with Gasteiger partial charge in [0.2, 0.25) is 0 Å². The molecular formula is C26H26F2N4O2. The van der Waals surface area contributed by atoms with Crippen LogP contribution in [-0.2, 0) is 5.41 Å². The van der Waals surface area contributed by atoms with Gasteiger partial charge in [-0.15, -0.1) is 5.10 Å². The number of carbonyl (C=O) groups excluding carboxylic acids is 1. The Hall–Kier alpha value is -3.13. The number of aromatic nitrogens is 4. The summed E-state index contributed by atoms with van der Waals surface area (Å²) in [7, 11) is 0. The molecule has 1 N–H and O–H groups in total. The van der Waals surface area contributed by atoms with Gasteiger partial charge < -0.3 is 5.11 Å². The summed E-state index contributed by atoms with van der Waals surface area (Å²) in [6.07, 6.45) is 3.67. The van der Waals surface area contributed by atoms with Gasteiger partial charge in [-0.2, -0.15) is 5.10 Å². The van der Waals surface area contributed by atoms with E-state index in [2.05, 4.69) is 29.0 Å². The first-order valence-corrected chi connectivity index (χ1v) is 11.5. The van der Waals surface area contributed by atoms with Gasteiger partial charge in [-0.25, -0.2) is 13.8 Å². The molecule has 0 aliphatic heterocycles. The first-order chi connectivity index (χ1) is 16.2. The molecule has 6 nitrogen and oxygen atoms in total. The summed E-state index contributed by atoms with van der Waals surface area (Å²) in [5, 5.41) is 17.9. The van der Waals surface area contributed by atoms with Crippen molar-refractivity contribution in [3.05, 3.63) is 70.4 Å². The molecule has 1 aromatic carbocycles. The van der Waals surface area contributed by atoms with Crippen LogP contribution in [-0.4, -0.2) is 37.7 Å². The van der Waals surface area contributed by atoms with E-state index in [1.165, 1.54) is 24.4 Å². The monoisotopic (exact) mass is 464 g/mol. The lowest BCUT2D eigenvalue weighted by atomic mass is 9.66. The molecule has 2 aromatic heterocycles. The Balaban J connectivity index is 1.67. The van der Waals surface area contributed by atoms with Crippen molar-refractivity contribution in [1.82, 2.24) is 20.2 Å². The lowest BCUT2D eigenvalue weighted by molar-refractivity contribution is 0.0965. The molecule has 176 valence electrons. The molecule has 2 aliphatic carbocycles. The smallest absolute Gasteiger partial charge is 0.182 e. The zero-order valence-corrected chi connectivity index (χ0v) is 19.4. The number of aryl methyl sites for hydroxylation is 1. The molecule has 1 fully saturated rings. The number of fused-ring (bicyclic) bond motifs is 5. The van der Waals surface area contributed by atoms with E-state index in [4.69, 9.17) is 10.1 Å². The molecule has 34 heavy (non-hydrogen) atoms. The second-order valence-electron chi connectivity index (χ2n) is 9.79. The maximum absolute atomic E-state index is 14.5. The van der Waals surface area contributed by atoms with Crippen LogP contribution in [0.4, 0.5) is 8.78 Å². The number of halogens is 2. The van der Waals surface area contributed by atoms with E-state index in [0.29, 0.717) is 17.8 Å². The molecule has 0 spiro atoms. The van der Waals surface area contributed by atoms with Crippen molar-refractivity contribution in [1.29, 1.82) is 0 Å². The maximum atomic E-state index is 14.5. The van der Waals surface area contributed by atoms with E-state index in [1.54, 1.807) is 6.07 Å². The molecule has 2 heterocycles. The SMILES string of the molecule is Cc1ncc(C(=O)CCCO)nc1[C@@]12CC[C@@H](c3cc(-c4c(F)cccc4F)nnc31)C2(C)C. The fourth-order valence-corrected chi connectivity index (χ4v) is 6.07. The van der Waals surface area contributed by atoms with Crippen LogP contribution in [0.1, 0.15) is 78.6 Å². The second-order valence-corrected chi connectivity index (χ2v) is 9.79. The van der Waals surface area contributed by atoms with E-state index in [9.17, 15) is 13.6 Å². The van der Waals surface area contributed by atoms with Crippen LogP contribution >= 0.6 is 0 Å². The van der Waals surface area contributed by atoms with E-state index in [1.807, 2.05) is 6.92 Å². The van der Waals surface area contributed by atoms with Crippen LogP contribution in [0.2, 0.25) is 0 Å². The normalized spacial score (nSPS) is 22.1. The van der Waals surface area contributed by atoms with Crippen molar-refractivity contribution in [2.75, 3.05) is 6.61 Å². The van der Waals surface area contributed by atoms with Crippen LogP contribution < -0.4 is 0 Å². The molecule has 1 saturated carbocycles. The lowest BCUT2D eigenvalue weighted by Gasteiger charge is -2.38. The molecule has 2 aliphatic rings. The highest BCUT2D eigenvalue weighted by atomic mass is 19.1. The van der Waals surface area contributed by atoms with Crippen LogP contribution in [0.5, 0.6) is 0 Å². The minimum absolute atomic E-state index is 0.0650. The zero-order valence-electron chi connectivity index (χ0n) is 19.4. The van der Waals surface area contributed by atoms with Crippen molar-refractivity contribution < 1.29 is 18.7 Å². The quantitative estimate of drug-likeness (QED) is 0.533. The predicted octanol–water partition coefficient (Wildman–Crippen LogP) is 4.68. The minimum Gasteiger partial charge on any atom is -0.396 e. The Labute approximate surface area is 196 Å². The number of benzene rings is 1. The Morgan fingerprint density at radius 1 is 1.18 bits per heavy atom. The van der Waals surface area contributed by atoms with Gasteiger partial charge in [-0.05, 0) is 61.3 Å². The Morgan fingerprint density at radius 3 is 2.62 bits per heavy atom. The molecule has 0 radical (unpaired) electrons. The summed E-state index contributed by atoms with van der Waals surface area (Å²) in [5.74, 6) is -1.42. The van der Waals surface area contributed by atoms with Gasteiger partial charge in [0.05, 0.1) is 40.0 Å². The number of hydrogen-bond donors (Lipinski definition) is 1. The Morgan fingerprint density at radius 2 is 1.91 bits per heavy atom. The highest BCUT2D eigenvalue weighted by molar-refractivity contribution is 5.94. The number of ketones is 1. The van der Waals surface area contributed by atoms with Gasteiger partial charge >= 0.3 is 0 Å². The van der Waals surface area contributed by atoms with E-state index in [-0.39, 0.29) is 47.1 Å². The van der Waals surface area contributed by atoms with Crippen LogP contribution in [0.3, 0.4) is 0 Å². The Bertz CT molecular complexity index is 1290. The molecule has 8 heteroatoms. The predicted molar refractivity (Wildman–Crippen MR) is 121 cm³/mol. The molecule has 0 unspecified atom stereocenters. The van der Waals surface area contributed by atoms with Crippen LogP contribution in [0.15, 0.2) is 30.5 Å². The maximum Gasteiger partial charge on any atom is 0.182 e. The van der Waals surface area contributed by atoms with E-state index in [0.717, 1.165) is 24.1 Å². The van der Waals surface area contributed by atoms with Crippen LogP contribution in [0, 0.1) is 24.0 Å². The molecule has 0 amide bonds.